The molecule has 2 aromatic rings. The van der Waals surface area contributed by atoms with Crippen LogP contribution >= 0.6 is 11.6 Å². The summed E-state index contributed by atoms with van der Waals surface area (Å²) in [6.45, 7) is 3.46. The number of hydrogen-bond donors (Lipinski definition) is 2. The van der Waals surface area contributed by atoms with Crippen molar-refractivity contribution in [3.63, 3.8) is 0 Å². The van der Waals surface area contributed by atoms with Gasteiger partial charge in [0.15, 0.2) is 0 Å². The zero-order valence-corrected chi connectivity index (χ0v) is 17.0. The van der Waals surface area contributed by atoms with Crippen LogP contribution in [0.3, 0.4) is 0 Å². The highest BCUT2D eigenvalue weighted by Gasteiger charge is 2.35. The summed E-state index contributed by atoms with van der Waals surface area (Å²) in [5.41, 5.74) is -0.244. The molecule has 0 radical (unpaired) electrons. The molecule has 150 valence electrons. The zero-order chi connectivity index (χ0) is 20.6. The van der Waals surface area contributed by atoms with Gasteiger partial charge in [0.2, 0.25) is 5.91 Å². The van der Waals surface area contributed by atoms with E-state index >= 15 is 0 Å². The van der Waals surface area contributed by atoms with Gasteiger partial charge < -0.3 is 14.8 Å². The number of ether oxygens (including phenoxy) is 2. The average molecular weight is 405 g/mol. The molecule has 0 saturated carbocycles. The molecule has 7 heteroatoms. The molecule has 1 amide bonds. The minimum absolute atomic E-state index is 0.0176. The molecule has 2 atom stereocenters. The fourth-order valence-electron chi connectivity index (χ4n) is 2.55. The molecule has 0 saturated heterocycles. The molecule has 6 nitrogen and oxygen atoms in total. The number of rotatable bonds is 9. The van der Waals surface area contributed by atoms with E-state index in [4.69, 9.17) is 21.1 Å². The van der Waals surface area contributed by atoms with E-state index in [1.165, 1.54) is 7.11 Å². The van der Waals surface area contributed by atoms with Gasteiger partial charge in [-0.3, -0.25) is 10.1 Å². The minimum Gasteiger partial charge on any atom is -0.491 e. The Morgan fingerprint density at radius 2 is 1.75 bits per heavy atom. The fourth-order valence-corrected chi connectivity index (χ4v) is 2.68. The number of esters is 1. The number of benzene rings is 2. The molecule has 0 fully saturated rings. The largest absolute Gasteiger partial charge is 0.491 e. The number of carbonyl (C=O) groups is 2. The van der Waals surface area contributed by atoms with Crippen molar-refractivity contribution in [1.29, 1.82) is 0 Å². The predicted octanol–water partition coefficient (Wildman–Crippen LogP) is 3.12. The Bertz CT molecular complexity index is 783. The topological polar surface area (TPSA) is 76.7 Å². The van der Waals surface area contributed by atoms with E-state index in [9.17, 15) is 9.59 Å². The summed E-state index contributed by atoms with van der Waals surface area (Å²) in [6, 6.07) is 16.2. The Morgan fingerprint density at radius 3 is 2.36 bits per heavy atom. The molecule has 0 aliphatic rings. The van der Waals surface area contributed by atoms with Gasteiger partial charge in [-0.2, -0.15) is 0 Å². The third kappa shape index (κ3) is 6.25. The van der Waals surface area contributed by atoms with Crippen LogP contribution in [0.4, 0.5) is 0 Å². The molecule has 0 spiro atoms. The lowest BCUT2D eigenvalue weighted by Crippen LogP contribution is -2.57. The summed E-state index contributed by atoms with van der Waals surface area (Å²) in [7, 11) is 1.30. The smallest absolute Gasteiger partial charge is 0.329 e. The van der Waals surface area contributed by atoms with E-state index in [2.05, 4.69) is 10.6 Å². The number of methoxy groups -OCH3 is 1. The first kappa shape index (κ1) is 21.7. The van der Waals surface area contributed by atoms with Crippen LogP contribution in [0.15, 0.2) is 54.6 Å². The molecule has 0 heterocycles. The second-order valence-corrected chi connectivity index (χ2v) is 7.06. The van der Waals surface area contributed by atoms with Crippen LogP contribution < -0.4 is 15.4 Å². The monoisotopic (exact) mass is 404 g/mol. The molecule has 2 unspecified atom stereocenters. The van der Waals surface area contributed by atoms with Crippen molar-refractivity contribution >= 4 is 23.5 Å². The Labute approximate surface area is 170 Å². The molecule has 2 N–H and O–H groups in total. The van der Waals surface area contributed by atoms with Gasteiger partial charge in [-0.25, -0.2) is 4.79 Å². The molecular weight excluding hydrogens is 380 g/mol. The van der Waals surface area contributed by atoms with E-state index in [1.807, 2.05) is 37.3 Å². The maximum absolute atomic E-state index is 12.3. The summed E-state index contributed by atoms with van der Waals surface area (Å²) >= 11 is 5.89. The van der Waals surface area contributed by atoms with Crippen LogP contribution in [-0.2, 0) is 14.3 Å². The molecule has 2 rings (SSSR count). The molecule has 0 aliphatic carbocycles. The van der Waals surface area contributed by atoms with Crippen molar-refractivity contribution in [2.45, 2.75) is 25.4 Å². The first-order valence-corrected chi connectivity index (χ1v) is 9.28. The van der Waals surface area contributed by atoms with E-state index in [0.717, 1.165) is 5.56 Å². The number of para-hydroxylation sites is 1. The second kappa shape index (κ2) is 10.1. The quantitative estimate of drug-likeness (QED) is 0.628. The number of halogens is 1. The van der Waals surface area contributed by atoms with Gasteiger partial charge in [-0.05, 0) is 43.7 Å². The third-order valence-corrected chi connectivity index (χ3v) is 4.55. The van der Waals surface area contributed by atoms with Gasteiger partial charge in [0.25, 0.3) is 0 Å². The lowest BCUT2D eigenvalue weighted by molar-refractivity contribution is -0.149. The SMILES string of the molecule is COC(=O)C(C)(COc1ccccc1)NCC(=O)NC(C)c1ccc(Cl)cc1. The summed E-state index contributed by atoms with van der Waals surface area (Å²) in [5.74, 6) is -0.139. The maximum Gasteiger partial charge on any atom is 0.329 e. The molecule has 0 aromatic heterocycles. The van der Waals surface area contributed by atoms with Gasteiger partial charge in [0, 0.05) is 5.02 Å². The van der Waals surface area contributed by atoms with Crippen molar-refractivity contribution in [2.24, 2.45) is 0 Å². The van der Waals surface area contributed by atoms with E-state index in [1.54, 1.807) is 31.2 Å². The highest BCUT2D eigenvalue weighted by atomic mass is 35.5. The van der Waals surface area contributed by atoms with E-state index in [-0.39, 0.29) is 25.1 Å². The van der Waals surface area contributed by atoms with Crippen LogP contribution in [0.2, 0.25) is 5.02 Å². The maximum atomic E-state index is 12.3. The second-order valence-electron chi connectivity index (χ2n) is 6.62. The summed E-state index contributed by atoms with van der Waals surface area (Å²) in [6.07, 6.45) is 0. The van der Waals surface area contributed by atoms with Crippen molar-refractivity contribution in [3.8, 4) is 5.75 Å². The van der Waals surface area contributed by atoms with E-state index in [0.29, 0.717) is 10.8 Å². The first-order valence-electron chi connectivity index (χ1n) is 8.90. The van der Waals surface area contributed by atoms with Gasteiger partial charge in [0.05, 0.1) is 19.7 Å². The van der Waals surface area contributed by atoms with Crippen LogP contribution in [0.5, 0.6) is 5.75 Å². The Morgan fingerprint density at radius 1 is 1.11 bits per heavy atom. The number of carbonyl (C=O) groups excluding carboxylic acids is 2. The van der Waals surface area contributed by atoms with Gasteiger partial charge >= 0.3 is 5.97 Å². The molecule has 2 aromatic carbocycles. The lowest BCUT2D eigenvalue weighted by atomic mass is 10.0. The summed E-state index contributed by atoms with van der Waals surface area (Å²) in [4.78, 5) is 24.6. The lowest BCUT2D eigenvalue weighted by Gasteiger charge is -2.28. The Hall–Kier alpha value is -2.57. The zero-order valence-electron chi connectivity index (χ0n) is 16.2. The van der Waals surface area contributed by atoms with Crippen LogP contribution in [0, 0.1) is 0 Å². The minimum atomic E-state index is -1.18. The van der Waals surface area contributed by atoms with Crippen molar-refractivity contribution in [1.82, 2.24) is 10.6 Å². The number of nitrogens with one attached hydrogen (secondary N) is 2. The molecule has 0 bridgehead atoms. The van der Waals surface area contributed by atoms with Crippen LogP contribution in [0.1, 0.15) is 25.5 Å². The predicted molar refractivity (Wildman–Crippen MR) is 108 cm³/mol. The molecular formula is C21H25ClN2O4. The van der Waals surface area contributed by atoms with Crippen LogP contribution in [-0.4, -0.2) is 37.7 Å². The van der Waals surface area contributed by atoms with Gasteiger partial charge in [-0.1, -0.05) is 41.9 Å². The van der Waals surface area contributed by atoms with E-state index < -0.39 is 11.5 Å². The Balaban J connectivity index is 1.93. The highest BCUT2D eigenvalue weighted by Crippen LogP contribution is 2.16. The Kier molecular flexibility index (Phi) is 7.84. The summed E-state index contributed by atoms with van der Waals surface area (Å²) < 4.78 is 10.6. The number of amides is 1. The fraction of sp³-hybridized carbons (Fsp3) is 0.333. The van der Waals surface area contributed by atoms with Crippen molar-refractivity contribution in [2.75, 3.05) is 20.3 Å². The third-order valence-electron chi connectivity index (χ3n) is 4.29. The summed E-state index contributed by atoms with van der Waals surface area (Å²) in [5, 5.41) is 6.47. The van der Waals surface area contributed by atoms with Crippen molar-refractivity contribution in [3.05, 3.63) is 65.2 Å². The molecule has 28 heavy (non-hydrogen) atoms. The first-order chi connectivity index (χ1) is 13.3. The van der Waals surface area contributed by atoms with Gasteiger partial charge in [0.1, 0.15) is 17.9 Å². The normalized spacial score (nSPS) is 13.9. The van der Waals surface area contributed by atoms with Crippen molar-refractivity contribution < 1.29 is 19.1 Å². The van der Waals surface area contributed by atoms with Crippen LogP contribution in [0.25, 0.3) is 0 Å². The highest BCUT2D eigenvalue weighted by molar-refractivity contribution is 6.30. The average Bonchev–Trinajstić information content (AvgIpc) is 2.71. The number of hydrogen-bond acceptors (Lipinski definition) is 5. The van der Waals surface area contributed by atoms with Gasteiger partial charge in [-0.15, -0.1) is 0 Å². The molecule has 0 aliphatic heterocycles. The standard InChI is InChI=1S/C21H25ClN2O4/c1-15(16-9-11-17(22)12-10-16)24-19(25)13-23-21(2,20(26)27-3)14-28-18-7-5-4-6-8-18/h4-12,15,23H,13-14H2,1-3H3,(H,24,25).